The van der Waals surface area contributed by atoms with E-state index >= 15 is 0 Å². The lowest BCUT2D eigenvalue weighted by molar-refractivity contribution is -0.126. The third kappa shape index (κ3) is 5.56. The van der Waals surface area contributed by atoms with Crippen molar-refractivity contribution in [3.63, 3.8) is 0 Å². The highest BCUT2D eigenvalue weighted by molar-refractivity contribution is 7.14. The number of aromatic nitrogens is 2. The lowest BCUT2D eigenvalue weighted by Crippen LogP contribution is -2.45. The summed E-state index contributed by atoms with van der Waals surface area (Å²) in [5.74, 6) is -0.482. The summed E-state index contributed by atoms with van der Waals surface area (Å²) in [6, 6.07) is 8.84. The Kier molecular flexibility index (Phi) is 7.24. The van der Waals surface area contributed by atoms with Crippen LogP contribution < -0.4 is 10.6 Å². The van der Waals surface area contributed by atoms with Gasteiger partial charge < -0.3 is 15.5 Å². The Morgan fingerprint density at radius 3 is 2.94 bits per heavy atom. The number of pyridine rings is 1. The molecule has 4 rings (SSSR count). The second kappa shape index (κ2) is 10.3. The molecule has 32 heavy (non-hydrogen) atoms. The van der Waals surface area contributed by atoms with E-state index in [0.29, 0.717) is 46.2 Å². The van der Waals surface area contributed by atoms with Crippen molar-refractivity contribution >= 4 is 57.2 Å². The fourth-order valence-corrected chi connectivity index (χ4v) is 4.55. The molecule has 1 aliphatic rings. The third-order valence-electron chi connectivity index (χ3n) is 5.16. The molecule has 2 N–H and O–H groups in total. The van der Waals surface area contributed by atoms with E-state index in [4.69, 9.17) is 23.2 Å². The van der Waals surface area contributed by atoms with Crippen LogP contribution in [-0.2, 0) is 11.3 Å². The van der Waals surface area contributed by atoms with Crippen LogP contribution in [0.3, 0.4) is 0 Å². The molecular formula is C22H21Cl2N5O2S. The van der Waals surface area contributed by atoms with Crippen LogP contribution in [0.5, 0.6) is 0 Å². The van der Waals surface area contributed by atoms with Gasteiger partial charge in [0.05, 0.1) is 16.6 Å². The van der Waals surface area contributed by atoms with E-state index in [1.807, 2.05) is 12.1 Å². The molecule has 166 valence electrons. The molecule has 1 aromatic carbocycles. The Hall–Kier alpha value is -2.68. The quantitative estimate of drug-likeness (QED) is 0.521. The number of halogens is 2. The van der Waals surface area contributed by atoms with Gasteiger partial charge in [-0.25, -0.2) is 4.98 Å². The molecule has 1 saturated heterocycles. The van der Waals surface area contributed by atoms with Crippen molar-refractivity contribution in [3.8, 4) is 0 Å². The number of anilines is 2. The molecular weight excluding hydrogens is 469 g/mol. The number of benzene rings is 1. The number of nitrogens with zero attached hydrogens (tertiary/aromatic N) is 3. The molecule has 1 aliphatic heterocycles. The molecule has 1 atom stereocenters. The van der Waals surface area contributed by atoms with Crippen LogP contribution in [0.2, 0.25) is 10.0 Å². The molecule has 7 nitrogen and oxygen atoms in total. The minimum atomic E-state index is -0.245. The van der Waals surface area contributed by atoms with E-state index in [1.54, 1.807) is 40.9 Å². The highest BCUT2D eigenvalue weighted by atomic mass is 35.5. The van der Waals surface area contributed by atoms with E-state index in [-0.39, 0.29) is 17.7 Å². The summed E-state index contributed by atoms with van der Waals surface area (Å²) in [6.07, 6.45) is 4.93. The van der Waals surface area contributed by atoms with Crippen LogP contribution in [-0.4, -0.2) is 39.8 Å². The van der Waals surface area contributed by atoms with Crippen molar-refractivity contribution in [1.82, 2.24) is 20.2 Å². The second-order valence-electron chi connectivity index (χ2n) is 7.46. The predicted octanol–water partition coefficient (Wildman–Crippen LogP) is 4.76. The molecule has 0 bridgehead atoms. The highest BCUT2D eigenvalue weighted by Crippen LogP contribution is 2.30. The zero-order valence-electron chi connectivity index (χ0n) is 17.1. The maximum Gasteiger partial charge on any atom is 0.273 e. The minimum Gasteiger partial charge on any atom is -0.352 e. The van der Waals surface area contributed by atoms with Gasteiger partial charge >= 0.3 is 0 Å². The molecule has 2 aromatic heterocycles. The van der Waals surface area contributed by atoms with Gasteiger partial charge in [0.15, 0.2) is 5.13 Å². The first kappa shape index (κ1) is 22.5. The van der Waals surface area contributed by atoms with Crippen molar-refractivity contribution in [2.24, 2.45) is 5.92 Å². The van der Waals surface area contributed by atoms with Crippen molar-refractivity contribution < 1.29 is 9.59 Å². The van der Waals surface area contributed by atoms with Crippen LogP contribution in [0, 0.1) is 5.92 Å². The molecule has 1 unspecified atom stereocenters. The Bertz CT molecular complexity index is 1110. The molecule has 0 spiro atoms. The van der Waals surface area contributed by atoms with Crippen molar-refractivity contribution in [3.05, 3.63) is 69.4 Å². The SMILES string of the molecule is O=C(NCc1cccnc1)C1CCCN(C(=O)c2csc(Nc3cc(Cl)ccc3Cl)n2)C1. The van der Waals surface area contributed by atoms with Gasteiger partial charge in [0.25, 0.3) is 5.91 Å². The summed E-state index contributed by atoms with van der Waals surface area (Å²) < 4.78 is 0. The van der Waals surface area contributed by atoms with E-state index in [2.05, 4.69) is 20.6 Å². The molecule has 10 heteroatoms. The third-order valence-corrected chi connectivity index (χ3v) is 6.48. The van der Waals surface area contributed by atoms with Crippen molar-refractivity contribution in [2.45, 2.75) is 19.4 Å². The molecule has 2 amide bonds. The van der Waals surface area contributed by atoms with Crippen molar-refractivity contribution in [2.75, 3.05) is 18.4 Å². The van der Waals surface area contributed by atoms with E-state index in [9.17, 15) is 9.59 Å². The summed E-state index contributed by atoms with van der Waals surface area (Å²) in [7, 11) is 0. The number of likely N-dealkylation sites (tertiary alicyclic amines) is 1. The molecule has 3 aromatic rings. The van der Waals surface area contributed by atoms with E-state index in [1.165, 1.54) is 11.3 Å². The normalized spacial score (nSPS) is 15.9. The van der Waals surface area contributed by atoms with E-state index < -0.39 is 0 Å². The van der Waals surface area contributed by atoms with Gasteiger partial charge in [-0.2, -0.15) is 0 Å². The molecule has 0 radical (unpaired) electrons. The number of piperidine rings is 1. The van der Waals surface area contributed by atoms with Gasteiger partial charge in [0.1, 0.15) is 5.69 Å². The lowest BCUT2D eigenvalue weighted by atomic mass is 9.97. The number of rotatable bonds is 6. The first-order valence-electron chi connectivity index (χ1n) is 10.1. The zero-order valence-corrected chi connectivity index (χ0v) is 19.4. The van der Waals surface area contributed by atoms with Gasteiger partial charge in [-0.1, -0.05) is 29.3 Å². The van der Waals surface area contributed by atoms with Crippen LogP contribution in [0.1, 0.15) is 28.9 Å². The zero-order chi connectivity index (χ0) is 22.5. The van der Waals surface area contributed by atoms with Crippen LogP contribution in [0.15, 0.2) is 48.1 Å². The smallest absolute Gasteiger partial charge is 0.273 e. The number of hydrogen-bond donors (Lipinski definition) is 2. The van der Waals surface area contributed by atoms with Crippen LogP contribution in [0.25, 0.3) is 0 Å². The fraction of sp³-hybridized carbons (Fsp3) is 0.273. The number of carbonyl (C=O) groups is 2. The largest absolute Gasteiger partial charge is 0.352 e. The van der Waals surface area contributed by atoms with Gasteiger partial charge in [-0.15, -0.1) is 11.3 Å². The standard InChI is InChI=1S/C22H21Cl2N5O2S/c23-16-5-6-17(24)18(9-16)27-22-28-19(13-32-22)21(31)29-8-2-4-15(12-29)20(30)26-11-14-3-1-7-25-10-14/h1,3,5-7,9-10,13,15H,2,4,8,11-12H2,(H,26,30)(H,27,28). The Labute approximate surface area is 199 Å². The average molecular weight is 490 g/mol. The molecule has 1 fully saturated rings. The van der Waals surface area contributed by atoms with E-state index in [0.717, 1.165) is 18.4 Å². The maximum absolute atomic E-state index is 13.0. The Morgan fingerprint density at radius 1 is 1.25 bits per heavy atom. The number of thiazole rings is 1. The number of amides is 2. The summed E-state index contributed by atoms with van der Waals surface area (Å²) in [5.41, 5.74) is 1.90. The summed E-state index contributed by atoms with van der Waals surface area (Å²) in [4.78, 5) is 35.8. The first-order valence-corrected chi connectivity index (χ1v) is 11.8. The minimum absolute atomic E-state index is 0.0532. The topological polar surface area (TPSA) is 87.2 Å². The first-order chi connectivity index (χ1) is 15.5. The Morgan fingerprint density at radius 2 is 2.12 bits per heavy atom. The van der Waals surface area contributed by atoms with Crippen LogP contribution >= 0.6 is 34.5 Å². The lowest BCUT2D eigenvalue weighted by Gasteiger charge is -2.31. The van der Waals surface area contributed by atoms with Gasteiger partial charge in [0, 0.05) is 42.4 Å². The molecule has 3 heterocycles. The average Bonchev–Trinajstić information content (AvgIpc) is 3.28. The number of hydrogen-bond acceptors (Lipinski definition) is 6. The molecule has 0 aliphatic carbocycles. The predicted molar refractivity (Wildman–Crippen MR) is 127 cm³/mol. The Balaban J connectivity index is 1.36. The summed E-state index contributed by atoms with van der Waals surface area (Å²) in [6.45, 7) is 1.40. The highest BCUT2D eigenvalue weighted by Gasteiger charge is 2.29. The van der Waals surface area contributed by atoms with Crippen molar-refractivity contribution in [1.29, 1.82) is 0 Å². The monoisotopic (exact) mass is 489 g/mol. The maximum atomic E-state index is 13.0. The van der Waals surface area contributed by atoms with Gasteiger partial charge in [-0.05, 0) is 42.7 Å². The number of carbonyl (C=O) groups excluding carboxylic acids is 2. The second-order valence-corrected chi connectivity index (χ2v) is 9.16. The van der Waals surface area contributed by atoms with Gasteiger partial charge in [0.2, 0.25) is 5.91 Å². The van der Waals surface area contributed by atoms with Crippen LogP contribution in [0.4, 0.5) is 10.8 Å². The number of nitrogens with one attached hydrogen (secondary N) is 2. The fourth-order valence-electron chi connectivity index (χ4n) is 3.51. The summed E-state index contributed by atoms with van der Waals surface area (Å²) >= 11 is 13.5. The summed E-state index contributed by atoms with van der Waals surface area (Å²) in [5, 5.41) is 9.35. The van der Waals surface area contributed by atoms with Gasteiger partial charge in [-0.3, -0.25) is 14.6 Å². The molecule has 0 saturated carbocycles.